The van der Waals surface area contributed by atoms with Gasteiger partial charge in [-0.05, 0) is 35.2 Å². The number of fused-ring (bicyclic) bond motifs is 1. The molecule has 184 valence electrons. The lowest BCUT2D eigenvalue weighted by atomic mass is 9.98. The van der Waals surface area contributed by atoms with E-state index in [-0.39, 0.29) is 11.2 Å². The maximum absolute atomic E-state index is 13.3. The van der Waals surface area contributed by atoms with E-state index >= 15 is 0 Å². The minimum atomic E-state index is -0.297. The second-order valence-electron chi connectivity index (χ2n) is 8.60. The highest BCUT2D eigenvalue weighted by molar-refractivity contribution is 5.80. The topological polar surface area (TPSA) is 116 Å². The van der Waals surface area contributed by atoms with Crippen molar-refractivity contribution in [1.82, 2.24) is 39.3 Å². The van der Waals surface area contributed by atoms with Crippen molar-refractivity contribution < 1.29 is 0 Å². The number of hydrogen-bond donors (Lipinski definition) is 1. The van der Waals surface area contributed by atoms with Crippen molar-refractivity contribution in [1.29, 1.82) is 0 Å². The fourth-order valence-electron chi connectivity index (χ4n) is 4.66. The number of aromatic nitrogens is 8. The smallest absolute Gasteiger partial charge is 0.318 e. The standard InChI is InChI=1S/C26H28N8O2/c1-4-15-33-24-22(25(35)32(6-3)26(33)36)34(21(5-2)27-24)16-17-11-13-18(14-12-17)19-9-7-8-10-20(19)23-28-30-31-29-23/h7-14H,4-6,15-16H2,1-3H3,(H,28,29,30,31). The van der Waals surface area contributed by atoms with Gasteiger partial charge in [0.05, 0.1) is 0 Å². The molecule has 5 rings (SSSR count). The lowest BCUT2D eigenvalue weighted by Crippen LogP contribution is -2.40. The Bertz CT molecular complexity index is 1630. The van der Waals surface area contributed by atoms with Crippen LogP contribution in [0, 0.1) is 0 Å². The third-order valence-corrected chi connectivity index (χ3v) is 6.39. The maximum Gasteiger partial charge on any atom is 0.332 e. The van der Waals surface area contributed by atoms with Gasteiger partial charge in [0.25, 0.3) is 5.56 Å². The predicted octanol–water partition coefficient (Wildman–Crippen LogP) is 3.25. The minimum Gasteiger partial charge on any atom is -0.318 e. The van der Waals surface area contributed by atoms with Gasteiger partial charge in [0.15, 0.2) is 11.2 Å². The zero-order chi connectivity index (χ0) is 25.2. The fraction of sp³-hybridized carbons (Fsp3) is 0.308. The van der Waals surface area contributed by atoms with Crippen LogP contribution in [-0.4, -0.2) is 39.3 Å². The van der Waals surface area contributed by atoms with Crippen molar-refractivity contribution in [3.05, 3.63) is 80.8 Å². The molecule has 3 aromatic heterocycles. The SMILES string of the molecule is CCCn1c(=O)n(CC)c(=O)c2c1nc(CC)n2Cc1ccc(-c2ccccc2-c2nn[nH]n2)cc1. The Hall–Kier alpha value is -4.34. The average Bonchev–Trinajstić information content (AvgIpc) is 3.56. The Morgan fingerprint density at radius 1 is 0.889 bits per heavy atom. The van der Waals surface area contributed by atoms with Crippen LogP contribution in [-0.2, 0) is 26.1 Å². The Morgan fingerprint density at radius 3 is 2.28 bits per heavy atom. The Morgan fingerprint density at radius 2 is 1.64 bits per heavy atom. The number of rotatable bonds is 8. The molecule has 0 saturated heterocycles. The van der Waals surface area contributed by atoms with Crippen LogP contribution in [0.3, 0.4) is 0 Å². The molecule has 5 aromatic rings. The van der Waals surface area contributed by atoms with Gasteiger partial charge in [-0.2, -0.15) is 5.21 Å². The van der Waals surface area contributed by atoms with Gasteiger partial charge in [-0.25, -0.2) is 9.78 Å². The quantitative estimate of drug-likeness (QED) is 0.361. The van der Waals surface area contributed by atoms with Crippen LogP contribution >= 0.6 is 0 Å². The summed E-state index contributed by atoms with van der Waals surface area (Å²) < 4.78 is 4.89. The first kappa shape index (κ1) is 23.4. The third kappa shape index (κ3) is 3.94. The van der Waals surface area contributed by atoms with Gasteiger partial charge in [0.1, 0.15) is 5.82 Å². The van der Waals surface area contributed by atoms with Crippen molar-refractivity contribution in [2.75, 3.05) is 0 Å². The predicted molar refractivity (Wildman–Crippen MR) is 138 cm³/mol. The van der Waals surface area contributed by atoms with Crippen LogP contribution in [0.4, 0.5) is 0 Å². The highest BCUT2D eigenvalue weighted by Gasteiger charge is 2.20. The molecule has 0 fully saturated rings. The third-order valence-electron chi connectivity index (χ3n) is 6.39. The molecule has 0 aliphatic heterocycles. The normalized spacial score (nSPS) is 11.4. The van der Waals surface area contributed by atoms with Crippen molar-refractivity contribution in [3.63, 3.8) is 0 Å². The highest BCUT2D eigenvalue weighted by atomic mass is 16.2. The van der Waals surface area contributed by atoms with E-state index in [4.69, 9.17) is 4.98 Å². The number of nitrogens with zero attached hydrogens (tertiary/aromatic N) is 7. The molecule has 10 heteroatoms. The second kappa shape index (κ2) is 9.73. The summed E-state index contributed by atoms with van der Waals surface area (Å²) in [5.74, 6) is 1.32. The molecule has 0 aliphatic carbocycles. The first-order valence-corrected chi connectivity index (χ1v) is 12.2. The van der Waals surface area contributed by atoms with Crippen molar-refractivity contribution in [2.45, 2.75) is 53.2 Å². The zero-order valence-electron chi connectivity index (χ0n) is 20.6. The molecule has 36 heavy (non-hydrogen) atoms. The fourth-order valence-corrected chi connectivity index (χ4v) is 4.66. The number of hydrogen-bond acceptors (Lipinski definition) is 6. The van der Waals surface area contributed by atoms with Gasteiger partial charge in [-0.1, -0.05) is 62.4 Å². The maximum atomic E-state index is 13.3. The molecule has 0 unspecified atom stereocenters. The Kier molecular flexibility index (Phi) is 6.32. The van der Waals surface area contributed by atoms with E-state index in [0.717, 1.165) is 34.5 Å². The first-order valence-electron chi connectivity index (χ1n) is 12.2. The van der Waals surface area contributed by atoms with E-state index < -0.39 is 0 Å². The van der Waals surface area contributed by atoms with Crippen molar-refractivity contribution >= 4 is 11.2 Å². The number of H-pyrrole nitrogens is 1. The average molecular weight is 485 g/mol. The van der Waals surface area contributed by atoms with Gasteiger partial charge >= 0.3 is 5.69 Å². The van der Waals surface area contributed by atoms with Gasteiger partial charge < -0.3 is 4.57 Å². The number of imidazole rings is 1. The minimum absolute atomic E-state index is 0.289. The molecule has 10 nitrogen and oxygen atoms in total. The summed E-state index contributed by atoms with van der Waals surface area (Å²) in [5, 5.41) is 14.4. The van der Waals surface area contributed by atoms with Crippen LogP contribution in [0.5, 0.6) is 0 Å². The summed E-state index contributed by atoms with van der Waals surface area (Å²) in [5.41, 5.74) is 4.31. The first-order chi connectivity index (χ1) is 17.6. The molecule has 0 atom stereocenters. The van der Waals surface area contributed by atoms with E-state index in [9.17, 15) is 9.59 Å². The molecule has 0 bridgehead atoms. The van der Waals surface area contributed by atoms with Crippen molar-refractivity contribution in [2.24, 2.45) is 0 Å². The van der Waals surface area contributed by atoms with Crippen LogP contribution in [0.1, 0.15) is 38.6 Å². The summed E-state index contributed by atoms with van der Waals surface area (Å²) in [7, 11) is 0. The lowest BCUT2D eigenvalue weighted by Gasteiger charge is -2.12. The van der Waals surface area contributed by atoms with E-state index in [2.05, 4.69) is 32.8 Å². The molecule has 0 radical (unpaired) electrons. The Labute approximate surface area is 207 Å². The number of tetrazole rings is 1. The molecule has 0 spiro atoms. The number of benzene rings is 2. The van der Waals surface area contributed by atoms with E-state index in [1.807, 2.05) is 61.7 Å². The molecular formula is C26H28N8O2. The van der Waals surface area contributed by atoms with Gasteiger partial charge in [-0.15, -0.1) is 10.2 Å². The number of aromatic amines is 1. The van der Waals surface area contributed by atoms with E-state index in [0.29, 0.717) is 43.0 Å². The molecule has 1 N–H and O–H groups in total. The monoisotopic (exact) mass is 484 g/mol. The summed E-state index contributed by atoms with van der Waals surface area (Å²) in [4.78, 5) is 31.0. The largest absolute Gasteiger partial charge is 0.332 e. The number of nitrogens with one attached hydrogen (secondary N) is 1. The molecular weight excluding hydrogens is 456 g/mol. The van der Waals surface area contributed by atoms with Crippen LogP contribution in [0.15, 0.2) is 58.1 Å². The van der Waals surface area contributed by atoms with Crippen molar-refractivity contribution in [3.8, 4) is 22.5 Å². The lowest BCUT2D eigenvalue weighted by molar-refractivity contribution is 0.578. The van der Waals surface area contributed by atoms with E-state index in [1.54, 1.807) is 4.57 Å². The summed E-state index contributed by atoms with van der Waals surface area (Å²) >= 11 is 0. The van der Waals surface area contributed by atoms with Gasteiger partial charge in [-0.3, -0.25) is 13.9 Å². The second-order valence-corrected chi connectivity index (χ2v) is 8.60. The molecule has 0 amide bonds. The Balaban J connectivity index is 1.57. The van der Waals surface area contributed by atoms with Gasteiger partial charge in [0, 0.05) is 31.6 Å². The summed E-state index contributed by atoms with van der Waals surface area (Å²) in [6.45, 7) is 7.15. The zero-order valence-corrected chi connectivity index (χ0v) is 20.6. The van der Waals surface area contributed by atoms with Crippen LogP contribution < -0.4 is 11.2 Å². The molecule has 3 heterocycles. The van der Waals surface area contributed by atoms with Gasteiger partial charge in [0.2, 0.25) is 5.82 Å². The number of aryl methyl sites for hydroxylation is 2. The van der Waals surface area contributed by atoms with Crippen LogP contribution in [0.2, 0.25) is 0 Å². The summed E-state index contributed by atoms with van der Waals surface area (Å²) in [6, 6.07) is 16.1. The molecule has 2 aromatic carbocycles. The molecule has 0 saturated carbocycles. The summed E-state index contributed by atoms with van der Waals surface area (Å²) in [6.07, 6.45) is 1.43. The highest BCUT2D eigenvalue weighted by Crippen LogP contribution is 2.30. The van der Waals surface area contributed by atoms with Crippen LogP contribution in [0.25, 0.3) is 33.7 Å². The van der Waals surface area contributed by atoms with E-state index in [1.165, 1.54) is 4.57 Å². The molecule has 0 aliphatic rings.